The Kier molecular flexibility index (Phi) is 8.59. The van der Waals surface area contributed by atoms with Gasteiger partial charge in [-0.3, -0.25) is 0 Å². The maximum Gasteiger partial charge on any atom is 0.416 e. The third-order valence-electron chi connectivity index (χ3n) is 5.58. The van der Waals surface area contributed by atoms with Gasteiger partial charge in [0.05, 0.1) is 11.1 Å². The van der Waals surface area contributed by atoms with Crippen molar-refractivity contribution in [2.75, 3.05) is 33.7 Å². The molecule has 0 fully saturated rings. The summed E-state index contributed by atoms with van der Waals surface area (Å²) in [7, 11) is 3.82. The first-order valence-electron chi connectivity index (χ1n) is 10.4. The molecule has 0 saturated heterocycles. The molecule has 0 heterocycles. The molecule has 2 aromatic carbocycles. The molecule has 0 saturated carbocycles. The maximum absolute atomic E-state index is 12.9. The summed E-state index contributed by atoms with van der Waals surface area (Å²) in [4.78, 5) is 1.97. The van der Waals surface area contributed by atoms with E-state index in [1.54, 1.807) is 0 Å². The minimum atomic E-state index is -4.44. The van der Waals surface area contributed by atoms with Gasteiger partial charge in [-0.1, -0.05) is 30.8 Å². The summed E-state index contributed by atoms with van der Waals surface area (Å²) in [5.41, 5.74) is 5.67. The zero-order chi connectivity index (χ0) is 24.9. The number of hydrogen-bond donors (Lipinski definition) is 2. The Morgan fingerprint density at radius 3 is 1.52 bits per heavy atom. The van der Waals surface area contributed by atoms with Gasteiger partial charge in [0, 0.05) is 30.7 Å². The van der Waals surface area contributed by atoms with Crippen LogP contribution in [-0.4, -0.2) is 38.6 Å². The first-order valence-corrected chi connectivity index (χ1v) is 10.4. The van der Waals surface area contributed by atoms with Crippen LogP contribution in [0.25, 0.3) is 0 Å². The molecule has 2 rings (SSSR count). The Labute approximate surface area is 190 Å². The fraction of sp³-hybridized carbons (Fsp3) is 0.417. The average Bonchev–Trinajstić information content (AvgIpc) is 2.72. The zero-order valence-electron chi connectivity index (χ0n) is 18.7. The largest absolute Gasteiger partial charge is 0.416 e. The lowest BCUT2D eigenvalue weighted by Crippen LogP contribution is -2.43. The van der Waals surface area contributed by atoms with Crippen molar-refractivity contribution < 1.29 is 26.3 Å². The summed E-state index contributed by atoms with van der Waals surface area (Å²) < 4.78 is 77.6. The number of benzene rings is 2. The zero-order valence-corrected chi connectivity index (χ0v) is 18.7. The molecular weight excluding hydrogens is 444 g/mol. The van der Waals surface area contributed by atoms with Gasteiger partial charge in [0.25, 0.3) is 0 Å². The lowest BCUT2D eigenvalue weighted by atomic mass is 9.74. The molecule has 0 unspecified atom stereocenters. The first kappa shape index (κ1) is 26.7. The van der Waals surface area contributed by atoms with E-state index in [0.717, 1.165) is 24.3 Å². The highest BCUT2D eigenvalue weighted by Gasteiger charge is 2.35. The Balaban J connectivity index is 2.34. The quantitative estimate of drug-likeness (QED) is 0.471. The predicted octanol–water partition coefficient (Wildman–Crippen LogP) is 5.12. The molecule has 0 spiro atoms. The molecule has 33 heavy (non-hydrogen) atoms. The SMILES string of the molecule is C=C(NCCN(C)C)C(CN)(Cc1ccc(C(F)(F)F)cc1)Cc1ccc(C(F)(F)F)cc1. The van der Waals surface area contributed by atoms with Gasteiger partial charge >= 0.3 is 12.4 Å². The summed E-state index contributed by atoms with van der Waals surface area (Å²) in [6.45, 7) is 5.50. The predicted molar refractivity (Wildman–Crippen MR) is 117 cm³/mol. The van der Waals surface area contributed by atoms with Gasteiger partial charge in [-0.2, -0.15) is 26.3 Å². The van der Waals surface area contributed by atoms with Crippen molar-refractivity contribution in [3.8, 4) is 0 Å². The normalized spacial score (nSPS) is 12.8. The number of likely N-dealkylation sites (N-methyl/N-ethyl adjacent to an activating group) is 1. The van der Waals surface area contributed by atoms with E-state index in [1.807, 2.05) is 19.0 Å². The van der Waals surface area contributed by atoms with E-state index in [9.17, 15) is 26.3 Å². The number of nitrogens with zero attached hydrogens (tertiary/aromatic N) is 1. The lowest BCUT2D eigenvalue weighted by molar-refractivity contribution is -0.138. The van der Waals surface area contributed by atoms with Crippen molar-refractivity contribution >= 4 is 0 Å². The number of nitrogens with one attached hydrogen (secondary N) is 1. The summed E-state index contributed by atoms with van der Waals surface area (Å²) in [6, 6.07) is 9.63. The van der Waals surface area contributed by atoms with E-state index in [0.29, 0.717) is 29.9 Å². The molecule has 0 radical (unpaired) electrons. The van der Waals surface area contributed by atoms with E-state index in [1.165, 1.54) is 24.3 Å². The number of rotatable bonds is 10. The maximum atomic E-state index is 12.9. The third kappa shape index (κ3) is 7.50. The second-order valence-electron chi connectivity index (χ2n) is 8.44. The Morgan fingerprint density at radius 1 is 0.818 bits per heavy atom. The lowest BCUT2D eigenvalue weighted by Gasteiger charge is -2.36. The molecule has 3 nitrogen and oxygen atoms in total. The van der Waals surface area contributed by atoms with Crippen LogP contribution in [0.1, 0.15) is 22.3 Å². The van der Waals surface area contributed by atoms with Crippen LogP contribution in [0.2, 0.25) is 0 Å². The highest BCUT2D eigenvalue weighted by Crippen LogP contribution is 2.36. The van der Waals surface area contributed by atoms with Gasteiger partial charge in [0.2, 0.25) is 0 Å². The Bertz CT molecular complexity index is 840. The second-order valence-corrected chi connectivity index (χ2v) is 8.44. The van der Waals surface area contributed by atoms with Gasteiger partial charge in [-0.25, -0.2) is 0 Å². The molecule has 3 N–H and O–H groups in total. The topological polar surface area (TPSA) is 41.3 Å². The number of hydrogen-bond acceptors (Lipinski definition) is 3. The Morgan fingerprint density at radius 2 is 1.21 bits per heavy atom. The Hall–Kier alpha value is -2.52. The van der Waals surface area contributed by atoms with Crippen molar-refractivity contribution in [2.45, 2.75) is 25.2 Å². The molecule has 182 valence electrons. The average molecular weight is 474 g/mol. The molecule has 0 aliphatic carbocycles. The summed E-state index contributed by atoms with van der Waals surface area (Å²) >= 11 is 0. The third-order valence-corrected chi connectivity index (χ3v) is 5.58. The standard InChI is InChI=1S/C24H29F6N3/c1-17(32-12-13-33(2)3)22(16-31,14-18-4-8-20(9-5-18)23(25,26)27)15-19-6-10-21(11-7-19)24(28,29)30/h4-11,32H,1,12-16,31H2,2-3H3. The van der Waals surface area contributed by atoms with E-state index >= 15 is 0 Å². The van der Waals surface area contributed by atoms with Crippen LogP contribution in [0.15, 0.2) is 60.8 Å². The monoisotopic (exact) mass is 473 g/mol. The first-order chi connectivity index (χ1) is 15.3. The van der Waals surface area contributed by atoms with Crippen molar-refractivity contribution in [1.82, 2.24) is 10.2 Å². The molecule has 0 atom stereocenters. The van der Waals surface area contributed by atoms with E-state index in [-0.39, 0.29) is 19.4 Å². The van der Waals surface area contributed by atoms with Gasteiger partial charge in [0.15, 0.2) is 0 Å². The van der Waals surface area contributed by atoms with Crippen LogP contribution in [-0.2, 0) is 25.2 Å². The summed E-state index contributed by atoms with van der Waals surface area (Å²) in [5, 5.41) is 3.24. The molecule has 2 aromatic rings. The molecule has 0 aliphatic rings. The fourth-order valence-corrected chi connectivity index (χ4v) is 3.57. The molecule has 0 aliphatic heterocycles. The highest BCUT2D eigenvalue weighted by molar-refractivity contribution is 5.31. The van der Waals surface area contributed by atoms with Gasteiger partial charge < -0.3 is 16.0 Å². The van der Waals surface area contributed by atoms with Crippen LogP contribution >= 0.6 is 0 Å². The molecule has 0 amide bonds. The van der Waals surface area contributed by atoms with E-state index in [2.05, 4.69) is 11.9 Å². The van der Waals surface area contributed by atoms with Crippen molar-refractivity contribution in [2.24, 2.45) is 11.1 Å². The minimum absolute atomic E-state index is 0.100. The van der Waals surface area contributed by atoms with Crippen molar-refractivity contribution in [3.05, 3.63) is 83.1 Å². The van der Waals surface area contributed by atoms with E-state index < -0.39 is 28.9 Å². The van der Waals surface area contributed by atoms with Crippen LogP contribution < -0.4 is 11.1 Å². The van der Waals surface area contributed by atoms with Crippen LogP contribution in [0.3, 0.4) is 0 Å². The van der Waals surface area contributed by atoms with Crippen molar-refractivity contribution in [3.63, 3.8) is 0 Å². The minimum Gasteiger partial charge on any atom is -0.387 e. The molecule has 0 bridgehead atoms. The smallest absolute Gasteiger partial charge is 0.387 e. The molecule has 9 heteroatoms. The van der Waals surface area contributed by atoms with Gasteiger partial charge in [-0.05, 0) is 62.3 Å². The summed E-state index contributed by atoms with van der Waals surface area (Å²) in [6.07, 6.45) is -8.34. The number of halogens is 6. The van der Waals surface area contributed by atoms with Gasteiger partial charge in [-0.15, -0.1) is 0 Å². The van der Waals surface area contributed by atoms with Crippen LogP contribution in [0.5, 0.6) is 0 Å². The van der Waals surface area contributed by atoms with E-state index in [4.69, 9.17) is 5.73 Å². The fourth-order valence-electron chi connectivity index (χ4n) is 3.57. The summed E-state index contributed by atoms with van der Waals surface area (Å²) in [5.74, 6) is 0. The van der Waals surface area contributed by atoms with Crippen LogP contribution in [0.4, 0.5) is 26.3 Å². The highest BCUT2D eigenvalue weighted by atomic mass is 19.4. The number of alkyl halides is 6. The van der Waals surface area contributed by atoms with Gasteiger partial charge in [0.1, 0.15) is 0 Å². The molecular formula is C24H29F6N3. The second kappa shape index (κ2) is 10.6. The van der Waals surface area contributed by atoms with Crippen LogP contribution in [0, 0.1) is 5.41 Å². The number of nitrogens with two attached hydrogens (primary N) is 1. The van der Waals surface area contributed by atoms with Crippen molar-refractivity contribution in [1.29, 1.82) is 0 Å². The molecule has 0 aromatic heterocycles.